The van der Waals surface area contributed by atoms with Gasteiger partial charge in [-0.15, -0.1) is 0 Å². The van der Waals surface area contributed by atoms with Crippen LogP contribution < -0.4 is 5.32 Å². The number of hydrogen-bond donors (Lipinski definition) is 2. The fraction of sp³-hybridized carbons (Fsp3) is 0.889. The maximum absolute atomic E-state index is 10.9. The highest BCUT2D eigenvalue weighted by Gasteiger charge is 2.29. The second kappa shape index (κ2) is 4.58. The molecule has 2 atom stereocenters. The van der Waals surface area contributed by atoms with E-state index < -0.39 is 5.97 Å². The van der Waals surface area contributed by atoms with Gasteiger partial charge in [0.1, 0.15) is 0 Å². The van der Waals surface area contributed by atoms with Crippen LogP contribution in [0.5, 0.6) is 0 Å². The van der Waals surface area contributed by atoms with Crippen LogP contribution >= 0.6 is 0 Å². The van der Waals surface area contributed by atoms with Gasteiger partial charge in [0.25, 0.3) is 0 Å². The van der Waals surface area contributed by atoms with E-state index >= 15 is 0 Å². The first kappa shape index (κ1) is 10.5. The normalized spacial score (nSPS) is 31.2. The van der Waals surface area contributed by atoms with Crippen molar-refractivity contribution >= 4 is 5.97 Å². The van der Waals surface area contributed by atoms with Crippen LogP contribution in [0, 0.1) is 5.92 Å². The predicted octanol–water partition coefficient (Wildman–Crippen LogP) is 0.000800. The molecule has 1 saturated heterocycles. The summed E-state index contributed by atoms with van der Waals surface area (Å²) in [6.07, 6.45) is 1.67. The van der Waals surface area contributed by atoms with Crippen LogP contribution in [0.25, 0.3) is 0 Å². The molecule has 1 rings (SSSR count). The number of rotatable bonds is 2. The summed E-state index contributed by atoms with van der Waals surface area (Å²) in [5.74, 6) is -0.899. The van der Waals surface area contributed by atoms with Gasteiger partial charge in [0, 0.05) is 6.04 Å². The van der Waals surface area contributed by atoms with Gasteiger partial charge >= 0.3 is 5.97 Å². The summed E-state index contributed by atoms with van der Waals surface area (Å²) in [5, 5.41) is 12.1. The van der Waals surface area contributed by atoms with Gasteiger partial charge in [-0.2, -0.15) is 0 Å². The zero-order valence-corrected chi connectivity index (χ0v) is 8.29. The molecule has 2 N–H and O–H groups in total. The Balaban J connectivity index is 2.61. The highest BCUT2D eigenvalue weighted by atomic mass is 16.4. The summed E-state index contributed by atoms with van der Waals surface area (Å²) < 4.78 is 0. The summed E-state index contributed by atoms with van der Waals surface area (Å²) in [5.41, 5.74) is 0. The molecule has 2 unspecified atom stereocenters. The number of carboxylic acid groups (broad SMARTS) is 1. The average molecular weight is 186 g/mol. The van der Waals surface area contributed by atoms with Crippen LogP contribution in [0.2, 0.25) is 0 Å². The van der Waals surface area contributed by atoms with E-state index in [0.29, 0.717) is 0 Å². The maximum Gasteiger partial charge on any atom is 0.308 e. The summed E-state index contributed by atoms with van der Waals surface area (Å²) in [6.45, 7) is 1.87. The van der Waals surface area contributed by atoms with Crippen LogP contribution in [0.15, 0.2) is 0 Å². The standard InChI is InChI=1S/C9H18N2O2/c1-10-8-4-6-11(2)5-3-7(8)9(12)13/h7-8,10H,3-6H2,1-2H3,(H,12,13). The molecule has 1 aliphatic rings. The van der Waals surface area contributed by atoms with Crippen molar-refractivity contribution in [3.63, 3.8) is 0 Å². The minimum absolute atomic E-state index is 0.127. The van der Waals surface area contributed by atoms with Gasteiger partial charge < -0.3 is 15.3 Å². The SMILES string of the molecule is CNC1CCN(C)CCC1C(=O)O. The molecule has 0 spiro atoms. The first-order chi connectivity index (χ1) is 6.15. The Morgan fingerprint density at radius 2 is 2.08 bits per heavy atom. The van der Waals surface area contributed by atoms with Gasteiger partial charge in [-0.25, -0.2) is 0 Å². The number of likely N-dealkylation sites (tertiary alicyclic amines) is 1. The van der Waals surface area contributed by atoms with Crippen LogP contribution in [0.4, 0.5) is 0 Å². The molecule has 0 aromatic rings. The first-order valence-corrected chi connectivity index (χ1v) is 4.73. The number of carboxylic acids is 1. The first-order valence-electron chi connectivity index (χ1n) is 4.73. The number of nitrogens with zero attached hydrogens (tertiary/aromatic N) is 1. The van der Waals surface area contributed by atoms with Crippen molar-refractivity contribution < 1.29 is 9.90 Å². The van der Waals surface area contributed by atoms with E-state index in [9.17, 15) is 4.79 Å². The molecule has 1 aliphatic heterocycles. The quantitative estimate of drug-likeness (QED) is 0.637. The van der Waals surface area contributed by atoms with Gasteiger partial charge in [0.05, 0.1) is 5.92 Å². The molecule has 0 aromatic carbocycles. The largest absolute Gasteiger partial charge is 0.481 e. The molecule has 13 heavy (non-hydrogen) atoms. The third kappa shape index (κ3) is 2.67. The maximum atomic E-state index is 10.9. The molecule has 0 saturated carbocycles. The van der Waals surface area contributed by atoms with Crippen molar-refractivity contribution in [1.82, 2.24) is 10.2 Å². The Morgan fingerprint density at radius 1 is 1.46 bits per heavy atom. The van der Waals surface area contributed by atoms with Crippen LogP contribution in [0.3, 0.4) is 0 Å². The van der Waals surface area contributed by atoms with E-state index in [1.54, 1.807) is 0 Å². The van der Waals surface area contributed by atoms with Gasteiger partial charge in [-0.3, -0.25) is 4.79 Å². The van der Waals surface area contributed by atoms with Crippen LogP contribution in [0.1, 0.15) is 12.8 Å². The zero-order chi connectivity index (χ0) is 9.84. The Morgan fingerprint density at radius 3 is 2.62 bits per heavy atom. The number of aliphatic carboxylic acids is 1. The lowest BCUT2D eigenvalue weighted by molar-refractivity contribution is -0.142. The second-order valence-corrected chi connectivity index (χ2v) is 3.72. The number of carbonyl (C=O) groups is 1. The molecule has 4 nitrogen and oxygen atoms in total. The van der Waals surface area contributed by atoms with Crippen molar-refractivity contribution in [1.29, 1.82) is 0 Å². The molecule has 0 bridgehead atoms. The molecule has 0 radical (unpaired) electrons. The summed E-state index contributed by atoms with van der Waals surface area (Å²) in [6, 6.07) is 0.127. The van der Waals surface area contributed by atoms with Crippen molar-refractivity contribution in [2.24, 2.45) is 5.92 Å². The van der Waals surface area contributed by atoms with E-state index in [0.717, 1.165) is 25.9 Å². The van der Waals surface area contributed by atoms with E-state index in [1.165, 1.54) is 0 Å². The predicted molar refractivity (Wildman–Crippen MR) is 50.7 cm³/mol. The molecule has 4 heteroatoms. The summed E-state index contributed by atoms with van der Waals surface area (Å²) in [4.78, 5) is 13.1. The number of hydrogen-bond acceptors (Lipinski definition) is 3. The van der Waals surface area contributed by atoms with E-state index in [1.807, 2.05) is 14.1 Å². The lowest BCUT2D eigenvalue weighted by Gasteiger charge is -2.19. The fourth-order valence-corrected chi connectivity index (χ4v) is 1.87. The second-order valence-electron chi connectivity index (χ2n) is 3.72. The lowest BCUT2D eigenvalue weighted by Crippen LogP contribution is -2.37. The lowest BCUT2D eigenvalue weighted by atomic mass is 9.95. The Hall–Kier alpha value is -0.610. The monoisotopic (exact) mass is 186 g/mol. The highest BCUT2D eigenvalue weighted by Crippen LogP contribution is 2.17. The Kier molecular flexibility index (Phi) is 3.69. The van der Waals surface area contributed by atoms with Crippen molar-refractivity contribution in [3.05, 3.63) is 0 Å². The molecule has 0 aliphatic carbocycles. The van der Waals surface area contributed by atoms with Gasteiger partial charge in [-0.05, 0) is 40.0 Å². The average Bonchev–Trinajstić information content (AvgIpc) is 2.26. The smallest absolute Gasteiger partial charge is 0.308 e. The van der Waals surface area contributed by atoms with Crippen molar-refractivity contribution in [2.75, 3.05) is 27.2 Å². The molecule has 0 aromatic heterocycles. The van der Waals surface area contributed by atoms with E-state index in [4.69, 9.17) is 5.11 Å². The zero-order valence-electron chi connectivity index (χ0n) is 8.29. The highest BCUT2D eigenvalue weighted by molar-refractivity contribution is 5.71. The molecular formula is C9H18N2O2. The van der Waals surface area contributed by atoms with E-state index in [2.05, 4.69) is 10.2 Å². The Labute approximate surface area is 78.9 Å². The van der Waals surface area contributed by atoms with Gasteiger partial charge in [0.2, 0.25) is 0 Å². The summed E-state index contributed by atoms with van der Waals surface area (Å²) >= 11 is 0. The fourth-order valence-electron chi connectivity index (χ4n) is 1.87. The van der Waals surface area contributed by atoms with Crippen LogP contribution in [-0.4, -0.2) is 49.2 Å². The van der Waals surface area contributed by atoms with Crippen molar-refractivity contribution in [3.8, 4) is 0 Å². The minimum Gasteiger partial charge on any atom is -0.481 e. The molecule has 1 heterocycles. The molecule has 0 amide bonds. The van der Waals surface area contributed by atoms with E-state index in [-0.39, 0.29) is 12.0 Å². The third-order valence-electron chi connectivity index (χ3n) is 2.82. The summed E-state index contributed by atoms with van der Waals surface area (Å²) in [7, 11) is 3.88. The minimum atomic E-state index is -0.672. The third-order valence-corrected chi connectivity index (χ3v) is 2.82. The van der Waals surface area contributed by atoms with Crippen LogP contribution in [-0.2, 0) is 4.79 Å². The Bertz CT molecular complexity index is 184. The van der Waals surface area contributed by atoms with Gasteiger partial charge in [-0.1, -0.05) is 0 Å². The topological polar surface area (TPSA) is 52.6 Å². The number of nitrogens with one attached hydrogen (secondary N) is 1. The molecular weight excluding hydrogens is 168 g/mol. The molecule has 1 fully saturated rings. The van der Waals surface area contributed by atoms with Crippen molar-refractivity contribution in [2.45, 2.75) is 18.9 Å². The molecule has 76 valence electrons. The van der Waals surface area contributed by atoms with Gasteiger partial charge in [0.15, 0.2) is 0 Å².